The lowest BCUT2D eigenvalue weighted by Crippen LogP contribution is -2.60. The van der Waals surface area contributed by atoms with E-state index in [-0.39, 0.29) is 23.4 Å². The number of hydrogen-bond acceptors (Lipinski definition) is 10. The minimum Gasteiger partial charge on any atom is -0.390 e. The van der Waals surface area contributed by atoms with Crippen LogP contribution in [-0.2, 0) is 23.7 Å². The highest BCUT2D eigenvalue weighted by molar-refractivity contribution is 5.21. The van der Waals surface area contributed by atoms with Crippen LogP contribution in [0.2, 0.25) is 0 Å². The second kappa shape index (κ2) is 12.1. The molecule has 10 nitrogen and oxygen atoms in total. The molecule has 0 unspecified atom stereocenters. The summed E-state index contributed by atoms with van der Waals surface area (Å²) in [5, 5.41) is 53.8. The molecule has 0 bridgehead atoms. The largest absolute Gasteiger partial charge is 0.390 e. The fraction of sp³-hybridized carbons (Fsp3) is 0.941. The van der Waals surface area contributed by atoms with Gasteiger partial charge in [0.1, 0.15) is 24.4 Å². The second-order valence-electron chi connectivity index (χ2n) is 15.5. The number of aliphatic hydroxyl groups is 5. The predicted molar refractivity (Wildman–Crippen MR) is 160 cm³/mol. The van der Waals surface area contributed by atoms with Crippen LogP contribution in [0.5, 0.6) is 0 Å². The molecule has 0 aromatic carbocycles. The van der Waals surface area contributed by atoms with E-state index < -0.39 is 67.0 Å². The molecule has 252 valence electrons. The van der Waals surface area contributed by atoms with Gasteiger partial charge >= 0.3 is 0 Å². The van der Waals surface area contributed by atoms with Crippen molar-refractivity contribution in [2.75, 3.05) is 7.11 Å². The van der Waals surface area contributed by atoms with E-state index in [1.807, 2.05) is 6.92 Å². The maximum atomic E-state index is 12.3. The van der Waals surface area contributed by atoms with Crippen LogP contribution >= 0.6 is 0 Å². The zero-order chi connectivity index (χ0) is 31.8. The highest BCUT2D eigenvalue weighted by atomic mass is 16.7. The Morgan fingerprint density at radius 3 is 2.25 bits per heavy atom. The molecule has 2 aliphatic heterocycles. The molecular weight excluding hydrogens is 568 g/mol. The van der Waals surface area contributed by atoms with Crippen LogP contribution in [0.15, 0.2) is 12.2 Å². The van der Waals surface area contributed by atoms with E-state index >= 15 is 0 Å². The lowest BCUT2D eigenvalue weighted by Gasteiger charge is -2.60. The maximum Gasteiger partial charge on any atom is 0.186 e. The van der Waals surface area contributed by atoms with Gasteiger partial charge < -0.3 is 49.2 Å². The third-order valence-electron chi connectivity index (χ3n) is 13.4. The predicted octanol–water partition coefficient (Wildman–Crippen LogP) is 2.66. The normalized spacial score (nSPS) is 56.4. The molecule has 5 N–H and O–H groups in total. The van der Waals surface area contributed by atoms with Crippen molar-refractivity contribution >= 4 is 0 Å². The Labute approximate surface area is 262 Å². The molecule has 6 rings (SSSR count). The van der Waals surface area contributed by atoms with Crippen molar-refractivity contribution in [3.8, 4) is 0 Å². The van der Waals surface area contributed by atoms with Crippen LogP contribution in [0.4, 0.5) is 0 Å². The first-order chi connectivity index (χ1) is 20.7. The van der Waals surface area contributed by atoms with Gasteiger partial charge in [0, 0.05) is 18.9 Å². The van der Waals surface area contributed by atoms with E-state index in [1.54, 1.807) is 13.8 Å². The van der Waals surface area contributed by atoms with E-state index in [9.17, 15) is 25.5 Å². The van der Waals surface area contributed by atoms with Crippen molar-refractivity contribution in [3.63, 3.8) is 0 Å². The summed E-state index contributed by atoms with van der Waals surface area (Å²) in [4.78, 5) is 0. The summed E-state index contributed by atoms with van der Waals surface area (Å²) >= 11 is 0. The van der Waals surface area contributed by atoms with E-state index in [0.29, 0.717) is 30.1 Å². The molecule has 4 aliphatic carbocycles. The first kappa shape index (κ1) is 33.2. The van der Waals surface area contributed by atoms with Crippen molar-refractivity contribution in [1.29, 1.82) is 0 Å². The summed E-state index contributed by atoms with van der Waals surface area (Å²) in [5.41, 5.74) is -1.20. The Kier molecular flexibility index (Phi) is 9.14. The smallest absolute Gasteiger partial charge is 0.186 e. The van der Waals surface area contributed by atoms with Crippen LogP contribution in [0.1, 0.15) is 86.0 Å². The Balaban J connectivity index is 1.13. The Morgan fingerprint density at radius 2 is 1.55 bits per heavy atom. The molecule has 2 heterocycles. The maximum absolute atomic E-state index is 12.3. The molecule has 18 atom stereocenters. The molecule has 0 amide bonds. The van der Waals surface area contributed by atoms with Gasteiger partial charge in [-0.05, 0) is 94.8 Å². The number of ether oxygens (including phenoxy) is 5. The molecule has 0 aromatic heterocycles. The third kappa shape index (κ3) is 5.24. The van der Waals surface area contributed by atoms with Crippen LogP contribution in [0.25, 0.3) is 0 Å². The van der Waals surface area contributed by atoms with Gasteiger partial charge in [0.25, 0.3) is 0 Å². The van der Waals surface area contributed by atoms with Crippen molar-refractivity contribution in [2.45, 2.75) is 159 Å². The second-order valence-corrected chi connectivity index (χ2v) is 15.5. The molecule has 44 heavy (non-hydrogen) atoms. The van der Waals surface area contributed by atoms with E-state index in [1.165, 1.54) is 7.11 Å². The van der Waals surface area contributed by atoms with Crippen LogP contribution in [0, 0.1) is 34.5 Å². The van der Waals surface area contributed by atoms with Gasteiger partial charge in [0.15, 0.2) is 12.6 Å². The summed E-state index contributed by atoms with van der Waals surface area (Å²) in [7, 11) is 1.48. The van der Waals surface area contributed by atoms with Crippen molar-refractivity contribution in [2.24, 2.45) is 34.5 Å². The summed E-state index contributed by atoms with van der Waals surface area (Å²) in [5.74, 6) is 1.58. The highest BCUT2D eigenvalue weighted by Crippen LogP contribution is 2.67. The SMILES string of the molecule is CO[C@H]1[C@@H](O)[C@@H](C)O[C@@H](O[C@H]2CC[C@@]3(C)[C@@H](C=C[C@@H]4[C@@H]3CC[C@@]3(C)[C@H]4CC[C@]3(O)[C@H](C)O[C@H]3C[C@@H](O)[C@H](O)[C@@H](C)O3)C2)[C@@H]1O. The number of rotatable bonds is 6. The quantitative estimate of drug-likeness (QED) is 0.280. The fourth-order valence-corrected chi connectivity index (χ4v) is 10.5. The number of aliphatic hydroxyl groups excluding tert-OH is 4. The van der Waals surface area contributed by atoms with Gasteiger partial charge in [-0.15, -0.1) is 0 Å². The summed E-state index contributed by atoms with van der Waals surface area (Å²) in [6.45, 7) is 10.1. The van der Waals surface area contributed by atoms with Crippen LogP contribution < -0.4 is 0 Å². The zero-order valence-corrected chi connectivity index (χ0v) is 27.2. The molecule has 0 radical (unpaired) electrons. The average Bonchev–Trinajstić information content (AvgIpc) is 3.26. The number of hydrogen-bond donors (Lipinski definition) is 5. The number of methoxy groups -OCH3 is 1. The van der Waals surface area contributed by atoms with Gasteiger partial charge in [-0.25, -0.2) is 0 Å². The minimum absolute atomic E-state index is 0.0540. The van der Waals surface area contributed by atoms with Gasteiger partial charge in [0.2, 0.25) is 0 Å². The zero-order valence-electron chi connectivity index (χ0n) is 27.2. The lowest BCUT2D eigenvalue weighted by molar-refractivity contribution is -0.311. The van der Waals surface area contributed by atoms with Crippen molar-refractivity contribution < 1.29 is 49.2 Å². The third-order valence-corrected chi connectivity index (χ3v) is 13.4. The van der Waals surface area contributed by atoms with E-state index in [2.05, 4.69) is 26.0 Å². The number of fused-ring (bicyclic) bond motifs is 5. The summed E-state index contributed by atoms with van der Waals surface area (Å²) in [6.07, 6.45) is 3.69. The first-order valence-electron chi connectivity index (χ1n) is 17.0. The van der Waals surface area contributed by atoms with Gasteiger partial charge in [-0.1, -0.05) is 26.0 Å². The van der Waals surface area contributed by atoms with E-state index in [0.717, 1.165) is 38.5 Å². The summed E-state index contributed by atoms with van der Waals surface area (Å²) in [6, 6.07) is 0. The molecular formula is C34H56O10. The first-order valence-corrected chi connectivity index (χ1v) is 17.0. The van der Waals surface area contributed by atoms with Gasteiger partial charge in [-0.2, -0.15) is 0 Å². The molecule has 5 fully saturated rings. The topological polar surface area (TPSA) is 147 Å². The number of allylic oxidation sites excluding steroid dienone is 2. The van der Waals surface area contributed by atoms with Crippen LogP contribution in [0.3, 0.4) is 0 Å². The molecule has 0 aromatic rings. The van der Waals surface area contributed by atoms with Gasteiger partial charge in [-0.3, -0.25) is 0 Å². The standard InChI is InChI=1S/C34H56O10/c1-17-27(36)25(35)16-26(41-17)43-19(3)34(39)14-11-24-22-8-7-20-15-21(9-12-32(20,4)23(22)10-13-33(24,34)5)44-31-29(38)30(40-6)28(37)18(2)42-31/h7-8,17-31,35-39H,9-16H2,1-6H3/t17-,18-,19+,20+,21+,22-,23+,24+,25-,26+,27-,28+,29-,30+,31+,32+,33+,34+/m1/s1. The monoisotopic (exact) mass is 624 g/mol. The minimum atomic E-state index is -1.06. The fourth-order valence-electron chi connectivity index (χ4n) is 10.5. The Hall–Kier alpha value is -0.660. The van der Waals surface area contributed by atoms with Crippen molar-refractivity contribution in [1.82, 2.24) is 0 Å². The lowest BCUT2D eigenvalue weighted by atomic mass is 9.46. The van der Waals surface area contributed by atoms with Gasteiger partial charge in [0.05, 0.1) is 36.1 Å². The molecule has 0 spiro atoms. The summed E-state index contributed by atoms with van der Waals surface area (Å²) < 4.78 is 29.8. The average molecular weight is 625 g/mol. The molecule has 3 saturated carbocycles. The molecule has 2 saturated heterocycles. The van der Waals surface area contributed by atoms with Crippen molar-refractivity contribution in [3.05, 3.63) is 12.2 Å². The Bertz CT molecular complexity index is 1050. The highest BCUT2D eigenvalue weighted by Gasteiger charge is 2.66. The molecule has 6 aliphatic rings. The molecule has 10 heteroatoms. The van der Waals surface area contributed by atoms with E-state index in [4.69, 9.17) is 23.7 Å². The Morgan fingerprint density at radius 1 is 0.841 bits per heavy atom. The van der Waals surface area contributed by atoms with Crippen LogP contribution in [-0.4, -0.2) is 106 Å².